The summed E-state index contributed by atoms with van der Waals surface area (Å²) in [6.07, 6.45) is 4.06. The Hall–Kier alpha value is -0.533. The first-order valence-electron chi connectivity index (χ1n) is 4.87. The van der Waals surface area contributed by atoms with Crippen molar-refractivity contribution in [2.75, 3.05) is 5.88 Å². The molecule has 0 N–H and O–H groups in total. The molecule has 0 bridgehead atoms. The largest absolute Gasteiger partial charge is 0.122 e. The monoisotopic (exact) mass is 224 g/mol. The molecule has 1 rings (SSSR count). The lowest BCUT2D eigenvalue weighted by molar-refractivity contribution is 1.64. The van der Waals surface area contributed by atoms with Gasteiger partial charge in [0.2, 0.25) is 0 Å². The van der Waals surface area contributed by atoms with E-state index in [-0.39, 0.29) is 0 Å². The minimum atomic E-state index is -1.17. The first-order valence-corrected chi connectivity index (χ1v) is 8.90. The fourth-order valence-corrected chi connectivity index (χ4v) is 2.57. The lowest BCUT2D eigenvalue weighted by atomic mass is 10.2. The molecule has 1 aromatic carbocycles. The third-order valence-corrected chi connectivity index (χ3v) is 4.37. The first kappa shape index (κ1) is 11.5. The Bertz CT molecular complexity index is 323. The number of rotatable bonds is 3. The Morgan fingerprint density at radius 1 is 1.29 bits per heavy atom. The van der Waals surface area contributed by atoms with Crippen LogP contribution in [0.2, 0.25) is 19.6 Å². The number of allylic oxidation sites excluding steroid dienone is 1. The van der Waals surface area contributed by atoms with Crippen molar-refractivity contribution in [2.45, 2.75) is 19.6 Å². The van der Waals surface area contributed by atoms with Crippen LogP contribution in [0.4, 0.5) is 0 Å². The third-order valence-electron chi connectivity index (χ3n) is 2.15. The van der Waals surface area contributed by atoms with E-state index in [1.165, 1.54) is 10.8 Å². The molecule has 0 aliphatic heterocycles. The summed E-state index contributed by atoms with van der Waals surface area (Å²) in [5.74, 6) is 0.581. The lowest BCUT2D eigenvalue weighted by Gasteiger charge is -2.16. The summed E-state index contributed by atoms with van der Waals surface area (Å²) < 4.78 is 0. The molecule has 1 aromatic rings. The second kappa shape index (κ2) is 4.81. The van der Waals surface area contributed by atoms with Crippen LogP contribution in [-0.2, 0) is 0 Å². The molecule has 0 amide bonds. The van der Waals surface area contributed by atoms with E-state index in [1.54, 1.807) is 0 Å². The van der Waals surface area contributed by atoms with Gasteiger partial charge in [0.25, 0.3) is 0 Å². The molecule has 0 radical (unpaired) electrons. The Kier molecular flexibility index (Phi) is 3.96. The van der Waals surface area contributed by atoms with E-state index in [0.717, 1.165) is 0 Å². The van der Waals surface area contributed by atoms with E-state index in [2.05, 4.69) is 50.0 Å². The summed E-state index contributed by atoms with van der Waals surface area (Å²) in [6.45, 7) is 7.08. The van der Waals surface area contributed by atoms with Crippen molar-refractivity contribution in [2.24, 2.45) is 0 Å². The molecule has 0 spiro atoms. The van der Waals surface area contributed by atoms with Crippen molar-refractivity contribution in [1.82, 2.24) is 0 Å². The van der Waals surface area contributed by atoms with E-state index in [9.17, 15) is 0 Å². The number of hydrogen-bond donors (Lipinski definition) is 0. The second-order valence-electron chi connectivity index (χ2n) is 4.43. The van der Waals surface area contributed by atoms with Gasteiger partial charge in [-0.3, -0.25) is 0 Å². The van der Waals surface area contributed by atoms with E-state index >= 15 is 0 Å². The zero-order chi connectivity index (χ0) is 10.6. The lowest BCUT2D eigenvalue weighted by Crippen LogP contribution is -2.37. The molecule has 0 saturated heterocycles. The Morgan fingerprint density at radius 2 is 2.00 bits per heavy atom. The van der Waals surface area contributed by atoms with Crippen molar-refractivity contribution >= 4 is 30.9 Å². The van der Waals surface area contributed by atoms with Gasteiger partial charge in [0.1, 0.15) is 0 Å². The van der Waals surface area contributed by atoms with Crippen molar-refractivity contribution < 1.29 is 0 Å². The zero-order valence-electron chi connectivity index (χ0n) is 9.05. The topological polar surface area (TPSA) is 0 Å². The van der Waals surface area contributed by atoms with Crippen molar-refractivity contribution in [1.29, 1.82) is 0 Å². The quantitative estimate of drug-likeness (QED) is 0.545. The molecule has 0 saturated carbocycles. The molecular formula is C12H17ClSi. The normalized spacial score (nSPS) is 12.3. The highest BCUT2D eigenvalue weighted by atomic mass is 35.5. The summed E-state index contributed by atoms with van der Waals surface area (Å²) >= 11 is 5.60. The molecule has 14 heavy (non-hydrogen) atoms. The average molecular weight is 225 g/mol. The van der Waals surface area contributed by atoms with Gasteiger partial charge in [-0.05, 0) is 5.56 Å². The van der Waals surface area contributed by atoms with E-state index in [1.807, 2.05) is 6.08 Å². The van der Waals surface area contributed by atoms with Crippen molar-refractivity contribution in [3.63, 3.8) is 0 Å². The molecule has 0 heterocycles. The fraction of sp³-hybridized carbons (Fsp3) is 0.333. The van der Waals surface area contributed by atoms with Gasteiger partial charge in [0, 0.05) is 5.88 Å². The predicted octanol–water partition coefficient (Wildman–Crippen LogP) is 3.48. The van der Waals surface area contributed by atoms with E-state index in [0.29, 0.717) is 5.88 Å². The van der Waals surface area contributed by atoms with Gasteiger partial charge < -0.3 is 0 Å². The first-order chi connectivity index (χ1) is 6.54. The standard InChI is InChI=1S/C12H17ClSi/c1-14(2,3)12-8-4-6-11(10-12)7-5-9-13/h4-8,10H,9H2,1-3H3. The summed E-state index contributed by atoms with van der Waals surface area (Å²) in [7, 11) is -1.17. The van der Waals surface area contributed by atoms with Gasteiger partial charge in [0.15, 0.2) is 0 Å². The SMILES string of the molecule is C[Si](C)(C)c1cccc(C=CCCl)c1. The summed E-state index contributed by atoms with van der Waals surface area (Å²) in [4.78, 5) is 0. The van der Waals surface area contributed by atoms with Gasteiger partial charge in [-0.1, -0.05) is 61.2 Å². The Morgan fingerprint density at radius 3 is 2.57 bits per heavy atom. The van der Waals surface area contributed by atoms with Gasteiger partial charge in [-0.15, -0.1) is 11.6 Å². The highest BCUT2D eigenvalue weighted by molar-refractivity contribution is 6.88. The summed E-state index contributed by atoms with van der Waals surface area (Å²) in [6, 6.07) is 8.74. The van der Waals surface area contributed by atoms with Crippen LogP contribution in [0.25, 0.3) is 6.08 Å². The third kappa shape index (κ3) is 3.32. The van der Waals surface area contributed by atoms with E-state index < -0.39 is 8.07 Å². The van der Waals surface area contributed by atoms with Crippen molar-refractivity contribution in [3.8, 4) is 0 Å². The van der Waals surface area contributed by atoms with Gasteiger partial charge in [-0.25, -0.2) is 0 Å². The van der Waals surface area contributed by atoms with Gasteiger partial charge in [-0.2, -0.15) is 0 Å². The van der Waals surface area contributed by atoms with Crippen LogP contribution in [0.1, 0.15) is 5.56 Å². The molecule has 0 aliphatic carbocycles. The Balaban J connectivity index is 2.96. The number of benzene rings is 1. The van der Waals surface area contributed by atoms with Crippen LogP contribution in [-0.4, -0.2) is 14.0 Å². The molecule has 0 aliphatic rings. The number of alkyl halides is 1. The minimum absolute atomic E-state index is 0.581. The minimum Gasteiger partial charge on any atom is -0.122 e. The van der Waals surface area contributed by atoms with Gasteiger partial charge in [0.05, 0.1) is 8.07 Å². The predicted molar refractivity (Wildman–Crippen MR) is 69.2 cm³/mol. The maximum absolute atomic E-state index is 5.60. The average Bonchev–Trinajstić information content (AvgIpc) is 2.14. The highest BCUT2D eigenvalue weighted by Crippen LogP contribution is 2.06. The fourth-order valence-electron chi connectivity index (χ4n) is 1.29. The molecule has 0 nitrogen and oxygen atoms in total. The molecule has 0 atom stereocenters. The molecule has 76 valence electrons. The molecule has 0 fully saturated rings. The van der Waals surface area contributed by atoms with Crippen LogP contribution in [0.3, 0.4) is 0 Å². The molecular weight excluding hydrogens is 208 g/mol. The van der Waals surface area contributed by atoms with Crippen LogP contribution >= 0.6 is 11.6 Å². The highest BCUT2D eigenvalue weighted by Gasteiger charge is 2.15. The van der Waals surface area contributed by atoms with Gasteiger partial charge >= 0.3 is 0 Å². The van der Waals surface area contributed by atoms with Crippen molar-refractivity contribution in [3.05, 3.63) is 35.9 Å². The second-order valence-corrected chi connectivity index (χ2v) is 9.82. The molecule has 2 heteroatoms. The molecule has 0 aromatic heterocycles. The zero-order valence-corrected chi connectivity index (χ0v) is 10.8. The number of hydrogen-bond acceptors (Lipinski definition) is 0. The molecule has 0 unspecified atom stereocenters. The van der Waals surface area contributed by atoms with E-state index in [4.69, 9.17) is 11.6 Å². The van der Waals surface area contributed by atoms with Crippen LogP contribution in [0, 0.1) is 0 Å². The maximum atomic E-state index is 5.60. The summed E-state index contributed by atoms with van der Waals surface area (Å²) in [5.41, 5.74) is 1.26. The summed E-state index contributed by atoms with van der Waals surface area (Å²) in [5, 5.41) is 1.49. The maximum Gasteiger partial charge on any atom is 0.0776 e. The van der Waals surface area contributed by atoms with Crippen LogP contribution < -0.4 is 5.19 Å². The van der Waals surface area contributed by atoms with Crippen LogP contribution in [0.15, 0.2) is 30.3 Å². The smallest absolute Gasteiger partial charge is 0.0776 e. The number of halogens is 1. The van der Waals surface area contributed by atoms with Crippen LogP contribution in [0.5, 0.6) is 0 Å². The Labute approximate surface area is 92.6 Å².